The minimum Gasteiger partial charge on any atom is -0.443 e. The number of aromatic nitrogens is 3. The van der Waals surface area contributed by atoms with Crippen LogP contribution in [0.25, 0.3) is 33.3 Å². The summed E-state index contributed by atoms with van der Waals surface area (Å²) in [7, 11) is 1.84. The molecule has 1 aliphatic heterocycles. The van der Waals surface area contributed by atoms with Gasteiger partial charge in [0.25, 0.3) is 0 Å². The summed E-state index contributed by atoms with van der Waals surface area (Å²) in [5, 5.41) is 24.6. The molecule has 1 aliphatic rings. The number of nitriles is 2. The van der Waals surface area contributed by atoms with Crippen LogP contribution in [0.1, 0.15) is 31.9 Å². The van der Waals surface area contributed by atoms with E-state index in [1.165, 1.54) is 29.4 Å². The monoisotopic (exact) mass is 533 g/mol. The van der Waals surface area contributed by atoms with Gasteiger partial charge in [-0.2, -0.15) is 15.6 Å². The van der Waals surface area contributed by atoms with Gasteiger partial charge in [-0.1, -0.05) is 12.1 Å². The number of fused-ring (bicyclic) bond motifs is 1. The molecule has 0 saturated heterocycles. The van der Waals surface area contributed by atoms with Crippen LogP contribution in [0.4, 0.5) is 15.0 Å². The van der Waals surface area contributed by atoms with Crippen molar-refractivity contribution in [2.45, 2.75) is 26.4 Å². The fraction of sp³-hybridized carbons (Fsp3) is 0.167. The quantitative estimate of drug-likeness (QED) is 0.309. The van der Waals surface area contributed by atoms with E-state index in [2.05, 4.69) is 11.2 Å². The number of carbonyl (C=O) groups excluding carboxylic acids is 1. The lowest BCUT2D eigenvalue weighted by molar-refractivity contribution is 0.0397. The Morgan fingerprint density at radius 1 is 0.950 bits per heavy atom. The van der Waals surface area contributed by atoms with Crippen LogP contribution in [0.5, 0.6) is 0 Å². The first-order valence-corrected chi connectivity index (χ1v) is 12.3. The molecule has 4 aromatic rings. The molecule has 10 heteroatoms. The second-order valence-electron chi connectivity index (χ2n) is 10.1. The minimum atomic E-state index is -0.690. The summed E-state index contributed by atoms with van der Waals surface area (Å²) in [6, 6.07) is 15.6. The summed E-state index contributed by atoms with van der Waals surface area (Å²) < 4.78 is 21.9. The van der Waals surface area contributed by atoms with Crippen LogP contribution in [0.2, 0.25) is 0 Å². The number of amides is 1. The second kappa shape index (κ2) is 10.0. The molecule has 0 fully saturated rings. The fourth-order valence-corrected chi connectivity index (χ4v) is 4.30. The predicted octanol–water partition coefficient (Wildman–Crippen LogP) is 6.18. The van der Waals surface area contributed by atoms with E-state index < -0.39 is 17.5 Å². The number of anilines is 1. The molecule has 0 bridgehead atoms. The summed E-state index contributed by atoms with van der Waals surface area (Å²) in [5.74, 6) is -0.316. The number of hydrogen-bond acceptors (Lipinski definition) is 7. The third-order valence-corrected chi connectivity index (χ3v) is 6.17. The zero-order valence-electron chi connectivity index (χ0n) is 22.3. The molecule has 0 radical (unpaired) electrons. The molecule has 198 valence electrons. The normalized spacial score (nSPS) is 12.9. The topological polar surface area (TPSA) is 111 Å². The van der Waals surface area contributed by atoms with Gasteiger partial charge < -0.3 is 9.64 Å². The molecule has 2 aromatic heterocycles. The number of benzene rings is 2. The van der Waals surface area contributed by atoms with Crippen molar-refractivity contribution < 1.29 is 13.9 Å². The maximum absolute atomic E-state index is 14.7. The number of carbonyl (C=O) groups is 1. The Labute approximate surface area is 230 Å². The average molecular weight is 534 g/mol. The summed E-state index contributed by atoms with van der Waals surface area (Å²) >= 11 is 0. The summed E-state index contributed by atoms with van der Waals surface area (Å²) in [5.41, 5.74) is 2.45. The van der Waals surface area contributed by atoms with Gasteiger partial charge in [-0.3, -0.25) is 9.58 Å². The summed E-state index contributed by atoms with van der Waals surface area (Å²) in [6.45, 7) is 5.34. The van der Waals surface area contributed by atoms with Crippen molar-refractivity contribution in [1.82, 2.24) is 19.7 Å². The Balaban J connectivity index is 1.63. The number of hydrogen-bond donors (Lipinski definition) is 0. The van der Waals surface area contributed by atoms with E-state index >= 15 is 0 Å². The van der Waals surface area contributed by atoms with Gasteiger partial charge in [-0.25, -0.2) is 14.2 Å². The number of halogens is 1. The van der Waals surface area contributed by atoms with Crippen LogP contribution in [0, 0.1) is 28.5 Å². The number of rotatable bonds is 3. The molecule has 2 aromatic carbocycles. The van der Waals surface area contributed by atoms with Gasteiger partial charge in [0.1, 0.15) is 23.3 Å². The van der Waals surface area contributed by atoms with Crippen molar-refractivity contribution in [3.63, 3.8) is 0 Å². The van der Waals surface area contributed by atoms with E-state index in [1.54, 1.807) is 61.1 Å². The van der Waals surface area contributed by atoms with Crippen molar-refractivity contribution in [1.29, 1.82) is 10.5 Å². The zero-order valence-corrected chi connectivity index (χ0v) is 22.3. The van der Waals surface area contributed by atoms with Crippen LogP contribution in [-0.2, 0) is 11.8 Å². The van der Waals surface area contributed by atoms with E-state index in [9.17, 15) is 19.7 Å². The number of nitrogens with zero attached hydrogens (tertiary/aromatic N) is 7. The first kappa shape index (κ1) is 26.1. The van der Waals surface area contributed by atoms with Crippen molar-refractivity contribution in [3.8, 4) is 34.5 Å². The minimum absolute atomic E-state index is 0.0946. The largest absolute Gasteiger partial charge is 0.443 e. The smallest absolute Gasteiger partial charge is 0.418 e. The van der Waals surface area contributed by atoms with Gasteiger partial charge in [-0.05, 0) is 56.7 Å². The van der Waals surface area contributed by atoms with Crippen LogP contribution in [0.3, 0.4) is 0 Å². The highest BCUT2D eigenvalue weighted by molar-refractivity contribution is 5.92. The summed E-state index contributed by atoms with van der Waals surface area (Å²) in [4.78, 5) is 20.2. The van der Waals surface area contributed by atoms with Gasteiger partial charge in [0, 0.05) is 48.4 Å². The van der Waals surface area contributed by atoms with Crippen LogP contribution in [0.15, 0.2) is 73.5 Å². The molecule has 1 amide bonds. The molecule has 0 N–H and O–H groups in total. The van der Waals surface area contributed by atoms with Crippen LogP contribution in [-0.4, -0.2) is 31.4 Å². The summed E-state index contributed by atoms with van der Waals surface area (Å²) in [6.07, 6.45) is 7.45. The molecule has 0 atom stereocenters. The predicted molar refractivity (Wildman–Crippen MR) is 148 cm³/mol. The van der Waals surface area contributed by atoms with Crippen molar-refractivity contribution in [2.24, 2.45) is 7.05 Å². The highest BCUT2D eigenvalue weighted by Gasteiger charge is 2.23. The third-order valence-electron chi connectivity index (χ3n) is 6.17. The maximum atomic E-state index is 14.7. The second-order valence-corrected chi connectivity index (χ2v) is 10.1. The van der Waals surface area contributed by atoms with Gasteiger partial charge in [0.15, 0.2) is 0 Å². The van der Waals surface area contributed by atoms with Crippen molar-refractivity contribution in [2.75, 3.05) is 4.90 Å². The Morgan fingerprint density at radius 3 is 2.30 bits per heavy atom. The maximum Gasteiger partial charge on any atom is 0.418 e. The van der Waals surface area contributed by atoms with Gasteiger partial charge in [0.05, 0.1) is 34.6 Å². The van der Waals surface area contributed by atoms with Crippen LogP contribution >= 0.6 is 0 Å². The van der Waals surface area contributed by atoms with Crippen molar-refractivity contribution >= 4 is 22.8 Å². The zero-order chi connectivity index (χ0) is 28.6. The molecule has 9 nitrogen and oxygen atoms in total. The lowest BCUT2D eigenvalue weighted by Crippen LogP contribution is -2.32. The van der Waals surface area contributed by atoms with Gasteiger partial charge in [-0.15, -0.1) is 0 Å². The highest BCUT2D eigenvalue weighted by atomic mass is 19.1. The highest BCUT2D eigenvalue weighted by Crippen LogP contribution is 2.38. The molecule has 40 heavy (non-hydrogen) atoms. The molecular formula is C30H24FN7O2. The van der Waals surface area contributed by atoms with E-state index in [0.717, 1.165) is 10.9 Å². The number of aryl methyl sites for hydroxylation is 1. The lowest BCUT2D eigenvalue weighted by atomic mass is 9.93. The van der Waals surface area contributed by atoms with E-state index in [0.29, 0.717) is 33.8 Å². The van der Waals surface area contributed by atoms with Crippen LogP contribution < -0.4 is 4.90 Å². The SMILES string of the molecule is Cn1ncc2cc(-c3c(C#N)cc(N4C=CN(C(=O)OC(C)(C)C)C=C4)nc3-c3ccc(C#N)c(F)c3)ccc21. The molecular weight excluding hydrogens is 509 g/mol. The first-order chi connectivity index (χ1) is 19.1. The third kappa shape index (κ3) is 4.98. The number of ether oxygens (including phenoxy) is 1. The van der Waals surface area contributed by atoms with E-state index in [4.69, 9.17) is 9.72 Å². The Kier molecular flexibility index (Phi) is 6.54. The molecule has 0 spiro atoms. The lowest BCUT2D eigenvalue weighted by Gasteiger charge is -2.27. The van der Waals surface area contributed by atoms with Gasteiger partial charge in [0.2, 0.25) is 0 Å². The van der Waals surface area contributed by atoms with Gasteiger partial charge >= 0.3 is 6.09 Å². The van der Waals surface area contributed by atoms with E-state index in [-0.39, 0.29) is 5.56 Å². The Hall–Kier alpha value is -5.48. The fourth-order valence-electron chi connectivity index (χ4n) is 4.30. The molecule has 5 rings (SSSR count). The van der Waals surface area contributed by atoms with E-state index in [1.807, 2.05) is 31.3 Å². The standard InChI is InChI=1S/C30H24FN7O2/c1-30(2,3)40-29(39)38-11-9-37(10-12-38)26-15-22(17-33)27(19-7-8-25-23(13-19)18-34-36(25)4)28(35-26)20-5-6-21(16-32)24(31)14-20/h5-15,18H,1-4H3. The number of pyridine rings is 1. The molecule has 0 aliphatic carbocycles. The Morgan fingerprint density at radius 2 is 1.65 bits per heavy atom. The Bertz CT molecular complexity index is 1790. The first-order valence-electron chi connectivity index (χ1n) is 12.3. The molecule has 0 saturated carbocycles. The molecule has 3 heterocycles. The molecule has 0 unspecified atom stereocenters. The average Bonchev–Trinajstić information content (AvgIpc) is 3.31. The van der Waals surface area contributed by atoms with Crippen molar-refractivity contribution in [3.05, 3.63) is 90.4 Å².